The molecule has 0 saturated heterocycles. The van der Waals surface area contributed by atoms with Crippen LogP contribution >= 0.6 is 27.3 Å². The van der Waals surface area contributed by atoms with E-state index in [1.54, 1.807) is 0 Å². The first kappa shape index (κ1) is 24.0. The van der Waals surface area contributed by atoms with Crippen molar-refractivity contribution in [1.29, 1.82) is 0 Å². The van der Waals surface area contributed by atoms with Gasteiger partial charge in [-0.2, -0.15) is 13.8 Å². The molecule has 0 bridgehead atoms. The van der Waals surface area contributed by atoms with Gasteiger partial charge in [-0.05, 0) is 68.1 Å². The lowest BCUT2D eigenvalue weighted by Crippen LogP contribution is -2.29. The maximum atomic E-state index is 15.4. The summed E-state index contributed by atoms with van der Waals surface area (Å²) < 4.78 is 46.0. The second-order valence-corrected chi connectivity index (χ2v) is 10.4. The van der Waals surface area contributed by atoms with Gasteiger partial charge in [0.15, 0.2) is 5.13 Å². The van der Waals surface area contributed by atoms with Gasteiger partial charge in [0.05, 0.1) is 16.3 Å². The molecule has 4 aromatic rings. The van der Waals surface area contributed by atoms with E-state index in [0.29, 0.717) is 30.8 Å². The smallest absolute Gasteiger partial charge is 0.315 e. The summed E-state index contributed by atoms with van der Waals surface area (Å²) in [4.78, 5) is 13.1. The van der Waals surface area contributed by atoms with Gasteiger partial charge < -0.3 is 15.7 Å². The summed E-state index contributed by atoms with van der Waals surface area (Å²) in [7, 11) is 0. The second kappa shape index (κ2) is 9.71. The van der Waals surface area contributed by atoms with Gasteiger partial charge in [-0.3, -0.25) is 0 Å². The van der Waals surface area contributed by atoms with E-state index in [2.05, 4.69) is 41.5 Å². The molecule has 1 aliphatic rings. The highest BCUT2D eigenvalue weighted by Gasteiger charge is 2.37. The predicted octanol–water partition coefficient (Wildman–Crippen LogP) is 6.59. The third-order valence-electron chi connectivity index (χ3n) is 5.87. The first-order chi connectivity index (χ1) is 16.8. The van der Waals surface area contributed by atoms with Crippen molar-refractivity contribution in [2.24, 2.45) is 0 Å². The molecule has 35 heavy (non-hydrogen) atoms. The first-order valence-electron chi connectivity index (χ1n) is 11.1. The number of halogens is 4. The fraction of sp³-hybridized carbons (Fsp3) is 0.292. The maximum Gasteiger partial charge on any atom is 0.315 e. The van der Waals surface area contributed by atoms with Crippen molar-refractivity contribution in [1.82, 2.24) is 15.0 Å². The minimum absolute atomic E-state index is 0.0410. The van der Waals surface area contributed by atoms with Gasteiger partial charge >= 0.3 is 5.92 Å². The molecule has 2 aromatic heterocycles. The van der Waals surface area contributed by atoms with Crippen LogP contribution in [0.5, 0.6) is 0 Å². The minimum Gasteiger partial charge on any atom is -0.393 e. The first-order valence-corrected chi connectivity index (χ1v) is 12.7. The van der Waals surface area contributed by atoms with E-state index >= 15 is 8.78 Å². The summed E-state index contributed by atoms with van der Waals surface area (Å²) in [6.45, 7) is 0. The van der Waals surface area contributed by atoms with Crippen LogP contribution in [0.15, 0.2) is 53.0 Å². The Balaban J connectivity index is 1.49. The Kier molecular flexibility index (Phi) is 6.65. The molecule has 0 amide bonds. The van der Waals surface area contributed by atoms with Gasteiger partial charge in [0.25, 0.3) is 0 Å². The second-order valence-electron chi connectivity index (χ2n) is 8.45. The summed E-state index contributed by atoms with van der Waals surface area (Å²) in [6, 6.07) is 10.9. The van der Waals surface area contributed by atoms with Crippen LogP contribution in [0.1, 0.15) is 36.9 Å². The number of hydrogen-bond donors (Lipinski definition) is 3. The quantitative estimate of drug-likeness (QED) is 0.245. The van der Waals surface area contributed by atoms with Crippen molar-refractivity contribution in [3.8, 4) is 0 Å². The third-order valence-corrected chi connectivity index (χ3v) is 7.30. The highest BCUT2D eigenvalue weighted by Crippen LogP contribution is 2.37. The zero-order valence-corrected chi connectivity index (χ0v) is 20.7. The van der Waals surface area contributed by atoms with Gasteiger partial charge in [0.2, 0.25) is 5.95 Å². The number of thiazole rings is 1. The van der Waals surface area contributed by atoms with E-state index in [-0.39, 0.29) is 29.5 Å². The molecular formula is C24H21BrF3N5OS. The number of anilines is 3. The highest BCUT2D eigenvalue weighted by atomic mass is 79.9. The average molecular weight is 564 g/mol. The topological polar surface area (TPSA) is 83.0 Å². The summed E-state index contributed by atoms with van der Waals surface area (Å²) in [5, 5.41) is 16.5. The van der Waals surface area contributed by atoms with E-state index in [4.69, 9.17) is 0 Å². The van der Waals surface area contributed by atoms with Crippen molar-refractivity contribution < 1.29 is 18.3 Å². The number of hydrogen-bond acceptors (Lipinski definition) is 7. The molecule has 11 heteroatoms. The van der Waals surface area contributed by atoms with Gasteiger partial charge in [-0.1, -0.05) is 27.3 Å². The van der Waals surface area contributed by atoms with Crippen LogP contribution in [-0.2, 0) is 5.92 Å². The number of aliphatic hydroxyl groups excluding tert-OH is 1. The van der Waals surface area contributed by atoms with Gasteiger partial charge in [-0.15, -0.1) is 0 Å². The molecule has 2 aromatic carbocycles. The number of nitrogens with zero attached hydrogens (tertiary/aromatic N) is 3. The Hall–Kier alpha value is -2.76. The van der Waals surface area contributed by atoms with Crippen LogP contribution in [-0.4, -0.2) is 32.2 Å². The molecule has 0 unspecified atom stereocenters. The number of aliphatic hydroxyl groups is 1. The molecule has 0 aliphatic heterocycles. The van der Waals surface area contributed by atoms with E-state index in [1.165, 1.54) is 17.4 Å². The van der Waals surface area contributed by atoms with E-state index < -0.39 is 17.4 Å². The van der Waals surface area contributed by atoms with E-state index in [1.807, 2.05) is 18.2 Å². The van der Waals surface area contributed by atoms with Crippen LogP contribution < -0.4 is 10.6 Å². The molecule has 3 N–H and O–H groups in total. The third kappa shape index (κ3) is 5.41. The molecular weight excluding hydrogens is 543 g/mol. The van der Waals surface area contributed by atoms with Crippen molar-refractivity contribution in [2.45, 2.75) is 43.8 Å². The molecule has 2 heterocycles. The number of alkyl halides is 2. The summed E-state index contributed by atoms with van der Waals surface area (Å²) in [5.74, 6) is -3.87. The number of rotatable bonds is 6. The lowest BCUT2D eigenvalue weighted by atomic mass is 9.93. The normalized spacial score (nSPS) is 18.5. The number of aromatic nitrogens is 3. The molecule has 5 rings (SSSR count). The average Bonchev–Trinajstić information content (AvgIpc) is 3.22. The van der Waals surface area contributed by atoms with Crippen LogP contribution in [0.2, 0.25) is 0 Å². The van der Waals surface area contributed by atoms with Crippen molar-refractivity contribution >= 4 is 54.4 Å². The van der Waals surface area contributed by atoms with Crippen LogP contribution in [0.4, 0.5) is 30.1 Å². The number of nitrogens with one attached hydrogen (secondary N) is 2. The Bertz CT molecular complexity index is 1340. The molecule has 6 nitrogen and oxygen atoms in total. The number of fused-ring (bicyclic) bond motifs is 1. The van der Waals surface area contributed by atoms with Gasteiger partial charge in [0, 0.05) is 22.1 Å². The SMILES string of the molecule is O[C@H]1CC[C@H](Nc2nc(Nc3nc4ccc(Br)cc4s3)cc(C(F)(F)c3ccc(F)cc3)n2)CC1. The van der Waals surface area contributed by atoms with Crippen LogP contribution in [0, 0.1) is 5.82 Å². The largest absolute Gasteiger partial charge is 0.393 e. The van der Waals surface area contributed by atoms with E-state index in [0.717, 1.165) is 39.0 Å². The van der Waals surface area contributed by atoms with Crippen molar-refractivity contribution in [3.63, 3.8) is 0 Å². The minimum atomic E-state index is -3.48. The van der Waals surface area contributed by atoms with E-state index in [9.17, 15) is 9.50 Å². The molecule has 1 aliphatic carbocycles. The fourth-order valence-electron chi connectivity index (χ4n) is 4.01. The van der Waals surface area contributed by atoms with Crippen molar-refractivity contribution in [2.75, 3.05) is 10.6 Å². The number of benzene rings is 2. The summed E-state index contributed by atoms with van der Waals surface area (Å²) in [6.07, 6.45) is 2.25. The lowest BCUT2D eigenvalue weighted by molar-refractivity contribution is 0.0380. The van der Waals surface area contributed by atoms with Crippen molar-refractivity contribution in [3.05, 3.63) is 70.1 Å². The zero-order chi connectivity index (χ0) is 24.6. The molecule has 1 fully saturated rings. The highest BCUT2D eigenvalue weighted by molar-refractivity contribution is 9.10. The molecule has 1 saturated carbocycles. The van der Waals surface area contributed by atoms with Gasteiger partial charge in [-0.25, -0.2) is 14.4 Å². The molecule has 0 spiro atoms. The Morgan fingerprint density at radius 3 is 2.46 bits per heavy atom. The molecule has 0 radical (unpaired) electrons. The Morgan fingerprint density at radius 2 is 1.71 bits per heavy atom. The Morgan fingerprint density at radius 1 is 0.971 bits per heavy atom. The zero-order valence-electron chi connectivity index (χ0n) is 18.3. The maximum absolute atomic E-state index is 15.4. The monoisotopic (exact) mass is 563 g/mol. The fourth-order valence-corrected chi connectivity index (χ4v) is 5.43. The van der Waals surface area contributed by atoms with Crippen LogP contribution in [0.25, 0.3) is 10.2 Å². The lowest BCUT2D eigenvalue weighted by Gasteiger charge is -2.26. The molecule has 0 atom stereocenters. The summed E-state index contributed by atoms with van der Waals surface area (Å²) in [5.41, 5.74) is -0.130. The standard InChI is InChI=1S/C24H21BrF3N5OS/c25-14-3-10-18-19(11-14)35-23(30-18)33-21-12-20(24(27,28)13-1-4-15(26)5-2-13)31-22(32-21)29-16-6-8-17(34)9-7-16/h1-5,10-12,16-17,34H,6-9H2,(H2,29,30,31,32,33)/t16-,17-. The Labute approximate surface area is 211 Å². The molecule has 182 valence electrons. The predicted molar refractivity (Wildman–Crippen MR) is 134 cm³/mol. The van der Waals surface area contributed by atoms with Crippen LogP contribution in [0.3, 0.4) is 0 Å². The summed E-state index contributed by atoms with van der Waals surface area (Å²) >= 11 is 4.80. The van der Waals surface area contributed by atoms with Gasteiger partial charge in [0.1, 0.15) is 17.3 Å².